The van der Waals surface area contributed by atoms with Gasteiger partial charge in [-0.2, -0.15) is 0 Å². The number of aliphatic carboxylic acids is 1. The number of rotatable bonds is 3. The van der Waals surface area contributed by atoms with E-state index >= 15 is 0 Å². The molecule has 2 atom stereocenters. The molecule has 1 fully saturated rings. The van der Waals surface area contributed by atoms with Crippen LogP contribution >= 0.6 is 0 Å². The highest BCUT2D eigenvalue weighted by Crippen LogP contribution is 2.21. The third-order valence-corrected chi connectivity index (χ3v) is 3.27. The van der Waals surface area contributed by atoms with Gasteiger partial charge in [0.05, 0.1) is 6.10 Å². The first-order valence-corrected chi connectivity index (χ1v) is 5.63. The molecule has 5 heteroatoms. The maximum Gasteiger partial charge on any atom is 0.315 e. The van der Waals surface area contributed by atoms with Gasteiger partial charge < -0.3 is 15.1 Å². The number of nitrogens with zero attached hydrogens (tertiary/aromatic N) is 1. The molecule has 0 aromatic carbocycles. The van der Waals surface area contributed by atoms with Crippen LogP contribution in [0.25, 0.3) is 0 Å². The second kappa shape index (κ2) is 5.30. The highest BCUT2D eigenvalue weighted by Gasteiger charge is 2.30. The fraction of sp³-hybridized carbons (Fsp3) is 0.818. The summed E-state index contributed by atoms with van der Waals surface area (Å²) < 4.78 is 0. The lowest BCUT2D eigenvalue weighted by atomic mass is 9.91. The Kier molecular flexibility index (Phi) is 4.29. The predicted octanol–water partition coefficient (Wildman–Crippen LogP) is 0.327. The van der Waals surface area contributed by atoms with E-state index in [4.69, 9.17) is 5.11 Å². The van der Waals surface area contributed by atoms with Gasteiger partial charge in [0.15, 0.2) is 0 Å². The predicted molar refractivity (Wildman–Crippen MR) is 57.8 cm³/mol. The van der Waals surface area contributed by atoms with E-state index in [2.05, 4.69) is 0 Å². The van der Waals surface area contributed by atoms with E-state index in [0.29, 0.717) is 13.1 Å². The maximum atomic E-state index is 11.7. The van der Waals surface area contributed by atoms with E-state index in [-0.39, 0.29) is 17.9 Å². The van der Waals surface area contributed by atoms with Crippen molar-refractivity contribution in [2.75, 3.05) is 13.1 Å². The molecular weight excluding hydrogens is 210 g/mol. The van der Waals surface area contributed by atoms with Gasteiger partial charge in [-0.05, 0) is 32.6 Å². The van der Waals surface area contributed by atoms with Crippen LogP contribution < -0.4 is 0 Å². The molecule has 0 saturated carbocycles. The summed E-state index contributed by atoms with van der Waals surface area (Å²) in [4.78, 5) is 23.9. The van der Waals surface area contributed by atoms with Gasteiger partial charge in [-0.1, -0.05) is 0 Å². The molecule has 0 aromatic rings. The Morgan fingerprint density at radius 2 is 1.75 bits per heavy atom. The molecule has 0 spiro atoms. The van der Waals surface area contributed by atoms with Crippen molar-refractivity contribution in [1.29, 1.82) is 0 Å². The first-order chi connectivity index (χ1) is 7.43. The van der Waals surface area contributed by atoms with Gasteiger partial charge in [-0.3, -0.25) is 9.59 Å². The lowest BCUT2D eigenvalue weighted by molar-refractivity contribution is -0.151. The smallest absolute Gasteiger partial charge is 0.315 e. The summed E-state index contributed by atoms with van der Waals surface area (Å²) in [6.45, 7) is 4.26. The number of carboxylic acids is 1. The van der Waals surface area contributed by atoms with Crippen molar-refractivity contribution in [2.24, 2.45) is 11.8 Å². The third kappa shape index (κ3) is 2.95. The van der Waals surface area contributed by atoms with Crippen LogP contribution in [0.15, 0.2) is 0 Å². The number of amides is 1. The summed E-state index contributed by atoms with van der Waals surface area (Å²) in [7, 11) is 0. The molecule has 1 rings (SSSR count). The molecule has 0 aromatic heterocycles. The van der Waals surface area contributed by atoms with Gasteiger partial charge in [0.1, 0.15) is 5.92 Å². The van der Waals surface area contributed by atoms with Gasteiger partial charge >= 0.3 is 5.97 Å². The number of likely N-dealkylation sites (tertiary alicyclic amines) is 1. The molecule has 1 aliphatic rings. The number of carbonyl (C=O) groups is 2. The molecule has 2 unspecified atom stereocenters. The molecule has 1 heterocycles. The molecule has 0 aliphatic carbocycles. The fourth-order valence-corrected chi connectivity index (χ4v) is 1.98. The van der Waals surface area contributed by atoms with Crippen LogP contribution in [-0.4, -0.2) is 46.2 Å². The van der Waals surface area contributed by atoms with E-state index in [1.807, 2.05) is 0 Å². The summed E-state index contributed by atoms with van der Waals surface area (Å²) in [5.41, 5.74) is 0. The topological polar surface area (TPSA) is 77.8 Å². The lowest BCUT2D eigenvalue weighted by Gasteiger charge is -2.34. The molecule has 0 bridgehead atoms. The second-order valence-corrected chi connectivity index (χ2v) is 4.46. The molecule has 1 aliphatic heterocycles. The number of hydrogen-bond acceptors (Lipinski definition) is 3. The zero-order valence-corrected chi connectivity index (χ0v) is 9.72. The first-order valence-electron chi connectivity index (χ1n) is 5.63. The molecule has 5 nitrogen and oxygen atoms in total. The van der Waals surface area contributed by atoms with Crippen LogP contribution in [0.2, 0.25) is 0 Å². The van der Waals surface area contributed by atoms with Crippen LogP contribution in [0.4, 0.5) is 0 Å². The van der Waals surface area contributed by atoms with Crippen LogP contribution in [-0.2, 0) is 9.59 Å². The summed E-state index contributed by atoms with van der Waals surface area (Å²) in [6, 6.07) is 0. The van der Waals surface area contributed by atoms with Crippen molar-refractivity contribution in [3.63, 3.8) is 0 Å². The SMILES string of the molecule is CC(C(=O)O)C(=O)N1CCC(C(C)O)CC1. The second-order valence-electron chi connectivity index (χ2n) is 4.46. The van der Waals surface area contributed by atoms with E-state index in [0.717, 1.165) is 12.8 Å². The Morgan fingerprint density at radius 3 is 2.12 bits per heavy atom. The number of carboxylic acid groups (broad SMARTS) is 1. The fourth-order valence-electron chi connectivity index (χ4n) is 1.98. The molecule has 1 amide bonds. The van der Waals surface area contributed by atoms with Crippen molar-refractivity contribution in [2.45, 2.75) is 32.8 Å². The quantitative estimate of drug-likeness (QED) is 0.683. The van der Waals surface area contributed by atoms with Crippen molar-refractivity contribution in [3.8, 4) is 0 Å². The van der Waals surface area contributed by atoms with Crippen molar-refractivity contribution < 1.29 is 19.8 Å². The van der Waals surface area contributed by atoms with E-state index in [1.165, 1.54) is 6.92 Å². The monoisotopic (exact) mass is 229 g/mol. The largest absolute Gasteiger partial charge is 0.481 e. The van der Waals surface area contributed by atoms with Crippen molar-refractivity contribution >= 4 is 11.9 Å². The van der Waals surface area contributed by atoms with Crippen LogP contribution in [0, 0.1) is 11.8 Å². The average Bonchev–Trinajstić information content (AvgIpc) is 2.27. The molecular formula is C11H19NO4. The minimum Gasteiger partial charge on any atom is -0.481 e. The van der Waals surface area contributed by atoms with Gasteiger partial charge in [0.25, 0.3) is 0 Å². The van der Waals surface area contributed by atoms with E-state index in [1.54, 1.807) is 11.8 Å². The van der Waals surface area contributed by atoms with Gasteiger partial charge in [-0.15, -0.1) is 0 Å². The van der Waals surface area contributed by atoms with Crippen LogP contribution in [0.3, 0.4) is 0 Å². The van der Waals surface area contributed by atoms with Crippen LogP contribution in [0.1, 0.15) is 26.7 Å². The average molecular weight is 229 g/mol. The zero-order chi connectivity index (χ0) is 12.3. The Labute approximate surface area is 95.1 Å². The summed E-state index contributed by atoms with van der Waals surface area (Å²) in [6.07, 6.45) is 1.14. The van der Waals surface area contributed by atoms with Crippen molar-refractivity contribution in [1.82, 2.24) is 4.90 Å². The third-order valence-electron chi connectivity index (χ3n) is 3.27. The van der Waals surface area contributed by atoms with E-state index in [9.17, 15) is 14.7 Å². The molecule has 92 valence electrons. The number of aliphatic hydroxyl groups is 1. The van der Waals surface area contributed by atoms with Crippen molar-refractivity contribution in [3.05, 3.63) is 0 Å². The highest BCUT2D eigenvalue weighted by atomic mass is 16.4. The molecule has 16 heavy (non-hydrogen) atoms. The molecule has 1 saturated heterocycles. The van der Waals surface area contributed by atoms with Crippen LogP contribution in [0.5, 0.6) is 0 Å². The highest BCUT2D eigenvalue weighted by molar-refractivity contribution is 5.96. The summed E-state index contributed by atoms with van der Waals surface area (Å²) in [5, 5.41) is 18.1. The summed E-state index contributed by atoms with van der Waals surface area (Å²) >= 11 is 0. The Hall–Kier alpha value is -1.10. The maximum absolute atomic E-state index is 11.7. The number of carbonyl (C=O) groups excluding carboxylic acids is 1. The lowest BCUT2D eigenvalue weighted by Crippen LogP contribution is -2.44. The first kappa shape index (κ1) is 13.0. The van der Waals surface area contributed by atoms with Gasteiger partial charge in [-0.25, -0.2) is 0 Å². The number of piperidine rings is 1. The molecule has 0 radical (unpaired) electrons. The standard InChI is InChI=1S/C11H19NO4/c1-7(11(15)16)10(14)12-5-3-9(4-6-12)8(2)13/h7-9,13H,3-6H2,1-2H3,(H,15,16). The number of hydrogen-bond donors (Lipinski definition) is 2. The summed E-state index contributed by atoms with van der Waals surface area (Å²) in [5.74, 6) is -2.15. The Bertz CT molecular complexity index is 269. The zero-order valence-electron chi connectivity index (χ0n) is 9.72. The van der Waals surface area contributed by atoms with Gasteiger partial charge in [0.2, 0.25) is 5.91 Å². The normalized spacial score (nSPS) is 21.6. The minimum atomic E-state index is -1.08. The number of aliphatic hydroxyl groups excluding tert-OH is 1. The Balaban J connectivity index is 2.48. The molecule has 2 N–H and O–H groups in total. The minimum absolute atomic E-state index is 0.226. The van der Waals surface area contributed by atoms with E-state index < -0.39 is 11.9 Å². The van der Waals surface area contributed by atoms with Gasteiger partial charge in [0, 0.05) is 13.1 Å². The Morgan fingerprint density at radius 1 is 1.25 bits per heavy atom.